The van der Waals surface area contributed by atoms with E-state index < -0.39 is 6.16 Å². The van der Waals surface area contributed by atoms with Crippen LogP contribution >= 0.6 is 15.9 Å². The van der Waals surface area contributed by atoms with Crippen LogP contribution in [0.5, 0.6) is 0 Å². The van der Waals surface area contributed by atoms with Crippen molar-refractivity contribution in [3.8, 4) is 0 Å². The number of hydrogen-bond acceptors (Lipinski definition) is 2. The second kappa shape index (κ2) is 3.49. The van der Waals surface area contributed by atoms with Gasteiger partial charge < -0.3 is 9.84 Å². The van der Waals surface area contributed by atoms with Crippen LogP contribution in [0.25, 0.3) is 0 Å². The number of rotatable bonds is 1. The highest BCUT2D eigenvalue weighted by molar-refractivity contribution is 9.11. The summed E-state index contributed by atoms with van der Waals surface area (Å²) in [7, 11) is 0. The van der Waals surface area contributed by atoms with Gasteiger partial charge in [0.2, 0.25) is 0 Å². The Morgan fingerprint density at radius 3 is 2.50 bits per heavy atom. The van der Waals surface area contributed by atoms with Crippen LogP contribution in [0.15, 0.2) is 10.7 Å². The molecule has 0 saturated heterocycles. The van der Waals surface area contributed by atoms with E-state index in [-0.39, 0.29) is 4.67 Å². The third kappa shape index (κ3) is 3.67. The summed E-state index contributed by atoms with van der Waals surface area (Å²) in [5, 5.41) is 7.92. The summed E-state index contributed by atoms with van der Waals surface area (Å²) >= 11 is 2.84. The minimum absolute atomic E-state index is 0.213. The molecular formula is C4H5BrO3. The largest absolute Gasteiger partial charge is 0.511 e. The number of halogens is 1. The fourth-order valence-electron chi connectivity index (χ4n) is 0.142. The van der Waals surface area contributed by atoms with Crippen molar-refractivity contribution < 1.29 is 14.6 Å². The summed E-state index contributed by atoms with van der Waals surface area (Å²) in [4.78, 5) is 9.68. The molecular weight excluding hydrogens is 176 g/mol. The fraction of sp³-hybridized carbons (Fsp3) is 0.250. The van der Waals surface area contributed by atoms with Gasteiger partial charge in [-0.05, 0) is 28.9 Å². The van der Waals surface area contributed by atoms with Gasteiger partial charge in [0.25, 0.3) is 0 Å². The Morgan fingerprint density at radius 2 is 2.38 bits per heavy atom. The first-order chi connectivity index (χ1) is 3.66. The zero-order valence-corrected chi connectivity index (χ0v) is 5.81. The summed E-state index contributed by atoms with van der Waals surface area (Å²) in [6, 6.07) is 0. The predicted molar refractivity (Wildman–Crippen MR) is 31.8 cm³/mol. The standard InChI is InChI=1S/C4H5BrO3/c1-2-3(5)8-4(6)7/h2H,1H3,(H,6,7). The van der Waals surface area contributed by atoms with E-state index in [2.05, 4.69) is 20.7 Å². The van der Waals surface area contributed by atoms with E-state index in [9.17, 15) is 4.79 Å². The van der Waals surface area contributed by atoms with Gasteiger partial charge in [-0.15, -0.1) is 0 Å². The minimum atomic E-state index is -1.31. The van der Waals surface area contributed by atoms with Crippen molar-refractivity contribution in [1.29, 1.82) is 0 Å². The predicted octanol–water partition coefficient (Wildman–Crippen LogP) is 1.94. The lowest BCUT2D eigenvalue weighted by Gasteiger charge is -1.91. The molecule has 0 saturated carbocycles. The molecule has 0 aliphatic heterocycles. The zero-order chi connectivity index (χ0) is 6.57. The normalized spacial score (nSPS) is 11.0. The van der Waals surface area contributed by atoms with Gasteiger partial charge in [0.05, 0.1) is 0 Å². The SMILES string of the molecule is CC=C(Br)OC(=O)O. The van der Waals surface area contributed by atoms with Gasteiger partial charge in [-0.3, -0.25) is 0 Å². The molecule has 0 unspecified atom stereocenters. The second-order valence-corrected chi connectivity index (χ2v) is 1.74. The first-order valence-corrected chi connectivity index (χ1v) is 2.68. The maximum absolute atomic E-state index is 9.68. The van der Waals surface area contributed by atoms with Crippen molar-refractivity contribution in [2.75, 3.05) is 0 Å². The van der Waals surface area contributed by atoms with Crippen molar-refractivity contribution in [3.63, 3.8) is 0 Å². The average molecular weight is 181 g/mol. The molecule has 0 amide bonds. The lowest BCUT2D eigenvalue weighted by atomic mass is 10.7. The van der Waals surface area contributed by atoms with Crippen molar-refractivity contribution in [1.82, 2.24) is 0 Å². The summed E-state index contributed by atoms with van der Waals surface area (Å²) in [5.41, 5.74) is 0. The van der Waals surface area contributed by atoms with Crippen LogP contribution in [0.2, 0.25) is 0 Å². The Balaban J connectivity index is 3.56. The molecule has 0 bridgehead atoms. The molecule has 0 atom stereocenters. The summed E-state index contributed by atoms with van der Waals surface area (Å²) in [6.45, 7) is 1.66. The van der Waals surface area contributed by atoms with E-state index in [0.717, 1.165) is 0 Å². The van der Waals surface area contributed by atoms with Gasteiger partial charge >= 0.3 is 6.16 Å². The highest BCUT2D eigenvalue weighted by Gasteiger charge is 1.95. The van der Waals surface area contributed by atoms with Gasteiger partial charge in [0.15, 0.2) is 4.67 Å². The minimum Gasteiger partial charge on any atom is -0.449 e. The third-order valence-corrected chi connectivity index (χ3v) is 1.03. The smallest absolute Gasteiger partial charge is 0.449 e. The van der Waals surface area contributed by atoms with Crippen LogP contribution in [0.3, 0.4) is 0 Å². The Bertz CT molecular complexity index is 118. The first-order valence-electron chi connectivity index (χ1n) is 1.89. The number of allylic oxidation sites excluding steroid dienone is 1. The molecule has 0 radical (unpaired) electrons. The van der Waals surface area contributed by atoms with Crippen LogP contribution < -0.4 is 0 Å². The van der Waals surface area contributed by atoms with E-state index in [4.69, 9.17) is 5.11 Å². The highest BCUT2D eigenvalue weighted by Crippen LogP contribution is 2.04. The van der Waals surface area contributed by atoms with Crippen LogP contribution in [-0.4, -0.2) is 11.3 Å². The van der Waals surface area contributed by atoms with E-state index in [0.29, 0.717) is 0 Å². The van der Waals surface area contributed by atoms with Gasteiger partial charge in [0.1, 0.15) is 0 Å². The van der Waals surface area contributed by atoms with E-state index >= 15 is 0 Å². The molecule has 0 heterocycles. The van der Waals surface area contributed by atoms with Crippen molar-refractivity contribution >= 4 is 22.1 Å². The number of carboxylic acid groups (broad SMARTS) is 1. The highest BCUT2D eigenvalue weighted by atomic mass is 79.9. The maximum atomic E-state index is 9.68. The van der Waals surface area contributed by atoms with Crippen LogP contribution in [-0.2, 0) is 4.74 Å². The first kappa shape index (κ1) is 7.49. The topological polar surface area (TPSA) is 46.5 Å². The molecule has 46 valence electrons. The molecule has 0 aliphatic carbocycles. The van der Waals surface area contributed by atoms with Gasteiger partial charge in [-0.2, -0.15) is 0 Å². The Morgan fingerprint density at radius 1 is 1.88 bits per heavy atom. The van der Waals surface area contributed by atoms with Crippen LogP contribution in [0, 0.1) is 0 Å². The molecule has 4 heteroatoms. The molecule has 0 aromatic carbocycles. The van der Waals surface area contributed by atoms with Gasteiger partial charge in [-0.25, -0.2) is 4.79 Å². The molecule has 0 aromatic heterocycles. The third-order valence-electron chi connectivity index (χ3n) is 0.412. The molecule has 8 heavy (non-hydrogen) atoms. The maximum Gasteiger partial charge on any atom is 0.511 e. The number of carbonyl (C=O) groups is 1. The van der Waals surface area contributed by atoms with Gasteiger partial charge in [0, 0.05) is 0 Å². The van der Waals surface area contributed by atoms with E-state index in [1.54, 1.807) is 6.92 Å². The summed E-state index contributed by atoms with van der Waals surface area (Å²) in [5.74, 6) is 0. The fourth-order valence-corrected chi connectivity index (χ4v) is 0.281. The molecule has 0 spiro atoms. The van der Waals surface area contributed by atoms with Crippen LogP contribution in [0.4, 0.5) is 4.79 Å². The second-order valence-electron chi connectivity index (χ2n) is 0.961. The van der Waals surface area contributed by atoms with Crippen molar-refractivity contribution in [2.45, 2.75) is 6.92 Å². The molecule has 0 rings (SSSR count). The van der Waals surface area contributed by atoms with Crippen molar-refractivity contribution in [3.05, 3.63) is 10.7 Å². The van der Waals surface area contributed by atoms with Crippen LogP contribution in [0.1, 0.15) is 6.92 Å². The van der Waals surface area contributed by atoms with E-state index in [1.807, 2.05) is 0 Å². The average Bonchev–Trinajstić information content (AvgIpc) is 1.65. The zero-order valence-electron chi connectivity index (χ0n) is 4.22. The van der Waals surface area contributed by atoms with Crippen molar-refractivity contribution in [2.24, 2.45) is 0 Å². The lowest BCUT2D eigenvalue weighted by Crippen LogP contribution is -1.94. The Labute approximate surface area is 55.1 Å². The molecule has 3 nitrogen and oxygen atoms in total. The molecule has 0 fully saturated rings. The summed E-state index contributed by atoms with van der Waals surface area (Å²) < 4.78 is 4.31. The Kier molecular flexibility index (Phi) is 3.26. The number of ether oxygens (including phenoxy) is 1. The summed E-state index contributed by atoms with van der Waals surface area (Å²) in [6.07, 6.45) is 0.184. The molecule has 0 aromatic rings. The number of hydrogen-bond donors (Lipinski definition) is 1. The lowest BCUT2D eigenvalue weighted by molar-refractivity contribution is 0.126. The van der Waals surface area contributed by atoms with E-state index in [1.165, 1.54) is 6.08 Å². The van der Waals surface area contributed by atoms with Gasteiger partial charge in [-0.1, -0.05) is 0 Å². The molecule has 1 N–H and O–H groups in total. The molecule has 0 aliphatic rings. The monoisotopic (exact) mass is 180 g/mol. The quantitative estimate of drug-likeness (QED) is 0.496. The Hall–Kier alpha value is -0.510.